The van der Waals surface area contributed by atoms with Crippen molar-refractivity contribution >= 4 is 28.8 Å². The lowest BCUT2D eigenvalue weighted by Crippen LogP contribution is -2.28. The Morgan fingerprint density at radius 1 is 1.00 bits per heavy atom. The average Bonchev–Trinajstić information content (AvgIpc) is 3.41. The number of hydrogen-bond acceptors (Lipinski definition) is 3. The van der Waals surface area contributed by atoms with Crippen molar-refractivity contribution in [3.05, 3.63) is 80.7 Å². The van der Waals surface area contributed by atoms with E-state index >= 15 is 0 Å². The maximum atomic E-state index is 13.6. The van der Waals surface area contributed by atoms with Gasteiger partial charge < -0.3 is 4.90 Å². The second-order valence-electron chi connectivity index (χ2n) is 8.26. The van der Waals surface area contributed by atoms with E-state index in [1.165, 1.54) is 12.8 Å². The third-order valence-electron chi connectivity index (χ3n) is 6.25. The number of hydrogen-bond donors (Lipinski definition) is 0. The summed E-state index contributed by atoms with van der Waals surface area (Å²) in [6.45, 7) is 3.10. The Morgan fingerprint density at radius 3 is 2.44 bits per heavy atom. The van der Waals surface area contributed by atoms with Gasteiger partial charge >= 0.3 is 0 Å². The molecule has 0 unspecified atom stereocenters. The van der Waals surface area contributed by atoms with Crippen molar-refractivity contribution in [2.75, 3.05) is 19.6 Å². The molecule has 1 saturated heterocycles. The molecule has 5 nitrogen and oxygen atoms in total. The Balaban J connectivity index is 1.71. The van der Waals surface area contributed by atoms with Gasteiger partial charge in [-0.05, 0) is 56.1 Å². The van der Waals surface area contributed by atoms with E-state index in [2.05, 4.69) is 4.90 Å². The first kappa shape index (κ1) is 21.3. The van der Waals surface area contributed by atoms with Crippen molar-refractivity contribution < 1.29 is 0 Å². The van der Waals surface area contributed by atoms with Crippen molar-refractivity contribution in [2.45, 2.75) is 19.3 Å². The van der Waals surface area contributed by atoms with Crippen LogP contribution < -0.4 is 5.56 Å². The summed E-state index contributed by atoms with van der Waals surface area (Å²) in [5.41, 5.74) is 4.79. The summed E-state index contributed by atoms with van der Waals surface area (Å²) in [6, 6.07) is 15.3. The van der Waals surface area contributed by atoms with Crippen LogP contribution in [0.15, 0.2) is 59.5 Å². The molecule has 3 heterocycles. The van der Waals surface area contributed by atoms with E-state index < -0.39 is 0 Å². The normalized spacial score (nSPS) is 14.5. The monoisotopic (exact) mass is 466 g/mol. The van der Waals surface area contributed by atoms with Gasteiger partial charge in [-0.1, -0.05) is 53.5 Å². The van der Waals surface area contributed by atoms with Gasteiger partial charge in [0.15, 0.2) is 5.65 Å². The molecule has 0 bridgehead atoms. The Labute approximate surface area is 196 Å². The number of aryl methyl sites for hydroxylation is 1. The largest absolute Gasteiger partial charge is 0.303 e. The van der Waals surface area contributed by atoms with Crippen LogP contribution in [0.25, 0.3) is 28.0 Å². The van der Waals surface area contributed by atoms with Gasteiger partial charge in [0, 0.05) is 41.0 Å². The molecule has 1 aliphatic rings. The van der Waals surface area contributed by atoms with Crippen LogP contribution in [0, 0.1) is 0 Å². The number of fused-ring (bicyclic) bond motifs is 1. The van der Waals surface area contributed by atoms with Gasteiger partial charge in [-0.15, -0.1) is 0 Å². The van der Waals surface area contributed by atoms with Crippen molar-refractivity contribution in [1.29, 1.82) is 0 Å². The van der Waals surface area contributed by atoms with Crippen molar-refractivity contribution in [3.8, 4) is 22.4 Å². The minimum Gasteiger partial charge on any atom is -0.303 e. The zero-order valence-corrected chi connectivity index (χ0v) is 19.4. The fraction of sp³-hybridized carbons (Fsp3) is 0.280. The van der Waals surface area contributed by atoms with Gasteiger partial charge in [-0.3, -0.25) is 9.48 Å². The molecule has 0 radical (unpaired) electrons. The Kier molecular flexibility index (Phi) is 5.80. The Morgan fingerprint density at radius 2 is 1.72 bits per heavy atom. The zero-order chi connectivity index (χ0) is 22.2. The highest BCUT2D eigenvalue weighted by Gasteiger charge is 2.23. The molecule has 2 aromatic carbocycles. The number of benzene rings is 2. The summed E-state index contributed by atoms with van der Waals surface area (Å²) in [5, 5.41) is 1.28. The molecule has 0 saturated carbocycles. The number of nitrogens with zero attached hydrogens (tertiary/aromatic N) is 4. The molecule has 0 N–H and O–H groups in total. The smallest absolute Gasteiger partial charge is 0.276 e. The minimum atomic E-state index is -0.0368. The molecule has 4 aromatic rings. The third kappa shape index (κ3) is 3.75. The standard InChI is InChI=1S/C25H24Cl2N4O/c1-29-23(20-6-2-3-7-21(20)27)22(17-8-10-19(26)11-9-17)24-28-16-18(25(32)31(24)29)12-15-30-13-4-5-14-30/h2-3,6-11,16H,4-5,12-15H2,1H3. The summed E-state index contributed by atoms with van der Waals surface area (Å²) >= 11 is 12.7. The highest BCUT2D eigenvalue weighted by Crippen LogP contribution is 2.38. The molecule has 0 amide bonds. The topological polar surface area (TPSA) is 42.5 Å². The van der Waals surface area contributed by atoms with Crippen LogP contribution in [0.3, 0.4) is 0 Å². The summed E-state index contributed by atoms with van der Waals surface area (Å²) in [5.74, 6) is 0. The third-order valence-corrected chi connectivity index (χ3v) is 6.83. The van der Waals surface area contributed by atoms with Crippen LogP contribution in [0.4, 0.5) is 0 Å². The van der Waals surface area contributed by atoms with E-state index in [0.717, 1.165) is 47.6 Å². The van der Waals surface area contributed by atoms with E-state index in [9.17, 15) is 4.79 Å². The van der Waals surface area contributed by atoms with Crippen molar-refractivity contribution in [1.82, 2.24) is 19.1 Å². The lowest BCUT2D eigenvalue weighted by molar-refractivity contribution is 0.342. The van der Waals surface area contributed by atoms with Crippen LogP contribution >= 0.6 is 23.2 Å². The van der Waals surface area contributed by atoms with Gasteiger partial charge in [-0.2, -0.15) is 4.52 Å². The van der Waals surface area contributed by atoms with E-state index in [0.29, 0.717) is 22.1 Å². The fourth-order valence-corrected chi connectivity index (χ4v) is 4.95. The Hall–Kier alpha value is -2.60. The molecule has 0 atom stereocenters. The first-order valence-electron chi connectivity index (χ1n) is 10.9. The predicted octanol–water partition coefficient (Wildman–Crippen LogP) is 5.31. The minimum absolute atomic E-state index is 0.0368. The van der Waals surface area contributed by atoms with Gasteiger partial charge in [-0.25, -0.2) is 4.98 Å². The second kappa shape index (κ2) is 8.74. The summed E-state index contributed by atoms with van der Waals surface area (Å²) in [4.78, 5) is 20.7. The molecule has 5 rings (SSSR count). The molecule has 1 aliphatic heterocycles. The first-order chi connectivity index (χ1) is 15.5. The second-order valence-corrected chi connectivity index (χ2v) is 9.10. The highest BCUT2D eigenvalue weighted by atomic mass is 35.5. The summed E-state index contributed by atoms with van der Waals surface area (Å²) in [7, 11) is 1.89. The van der Waals surface area contributed by atoms with Crippen LogP contribution in [-0.2, 0) is 13.5 Å². The van der Waals surface area contributed by atoms with Crippen LogP contribution in [0.1, 0.15) is 18.4 Å². The van der Waals surface area contributed by atoms with Crippen molar-refractivity contribution in [3.63, 3.8) is 0 Å². The summed E-state index contributed by atoms with van der Waals surface area (Å²) in [6.07, 6.45) is 4.90. The number of likely N-dealkylation sites (tertiary alicyclic amines) is 1. The maximum Gasteiger partial charge on any atom is 0.276 e. The molecular formula is C25H24Cl2N4O. The van der Waals surface area contributed by atoms with E-state index in [1.54, 1.807) is 10.7 Å². The molecule has 164 valence electrons. The molecule has 2 aromatic heterocycles. The van der Waals surface area contributed by atoms with Gasteiger partial charge in [0.1, 0.15) is 0 Å². The molecule has 1 fully saturated rings. The Bertz CT molecular complexity index is 1330. The molecular weight excluding hydrogens is 443 g/mol. The van der Waals surface area contributed by atoms with E-state index in [1.807, 2.05) is 60.3 Å². The first-order valence-corrected chi connectivity index (χ1v) is 11.6. The van der Waals surface area contributed by atoms with Crippen molar-refractivity contribution in [2.24, 2.45) is 7.05 Å². The highest BCUT2D eigenvalue weighted by molar-refractivity contribution is 6.33. The van der Waals surface area contributed by atoms with Crippen LogP contribution in [0.2, 0.25) is 10.0 Å². The number of aromatic nitrogens is 3. The lowest BCUT2D eigenvalue weighted by atomic mass is 10.0. The van der Waals surface area contributed by atoms with Gasteiger partial charge in [0.05, 0.1) is 11.3 Å². The fourth-order valence-electron chi connectivity index (χ4n) is 4.60. The predicted molar refractivity (Wildman–Crippen MR) is 131 cm³/mol. The SMILES string of the molecule is Cn1c(-c2ccccc2Cl)c(-c2ccc(Cl)cc2)c2ncc(CCN3CCCC3)c(=O)n21. The molecule has 7 heteroatoms. The van der Waals surface area contributed by atoms with Gasteiger partial charge in [0.25, 0.3) is 5.56 Å². The van der Waals surface area contributed by atoms with Gasteiger partial charge in [0.2, 0.25) is 0 Å². The summed E-state index contributed by atoms with van der Waals surface area (Å²) < 4.78 is 3.54. The number of rotatable bonds is 5. The lowest BCUT2D eigenvalue weighted by Gasteiger charge is -2.13. The van der Waals surface area contributed by atoms with Crippen LogP contribution in [0.5, 0.6) is 0 Å². The average molecular weight is 467 g/mol. The van der Waals surface area contributed by atoms with E-state index in [4.69, 9.17) is 28.2 Å². The van der Waals surface area contributed by atoms with Crippen LogP contribution in [-0.4, -0.2) is 38.7 Å². The zero-order valence-electron chi connectivity index (χ0n) is 17.9. The number of halogens is 2. The quantitative estimate of drug-likeness (QED) is 0.400. The maximum absolute atomic E-state index is 13.6. The van der Waals surface area contributed by atoms with E-state index in [-0.39, 0.29) is 5.56 Å². The molecule has 0 spiro atoms. The molecule has 0 aliphatic carbocycles. The molecule has 32 heavy (non-hydrogen) atoms.